The van der Waals surface area contributed by atoms with Crippen LogP contribution in [0.3, 0.4) is 0 Å². The maximum Gasteiger partial charge on any atom is 0.246 e. The molecular formula is C71H103ClN12O12. The largest absolute Gasteiger partial charge is 0.343 e. The highest BCUT2D eigenvalue weighted by Crippen LogP contribution is 2.23. The summed E-state index contributed by atoms with van der Waals surface area (Å²) >= 11 is 6.24. The second-order valence-electron chi connectivity index (χ2n) is 26.9. The van der Waals surface area contributed by atoms with Crippen LogP contribution < -0.4 is 21.3 Å². The summed E-state index contributed by atoms with van der Waals surface area (Å²) < 4.78 is 0. The zero-order valence-corrected chi connectivity index (χ0v) is 59.6. The molecule has 0 spiro atoms. The third kappa shape index (κ3) is 22.3. The first-order chi connectivity index (χ1) is 45.2. The number of likely N-dealkylation sites (N-methyl/N-ethyl adjacent to an activating group) is 7. The molecule has 0 saturated carbocycles. The van der Waals surface area contributed by atoms with Crippen LogP contribution in [-0.4, -0.2) is 240 Å². The molecule has 0 bridgehead atoms. The van der Waals surface area contributed by atoms with Crippen molar-refractivity contribution in [3.05, 3.63) is 106 Å². The van der Waals surface area contributed by atoms with E-state index in [1.165, 1.54) is 71.0 Å². The first-order valence-corrected chi connectivity index (χ1v) is 33.7. The minimum atomic E-state index is -1.45. The highest BCUT2D eigenvalue weighted by molar-refractivity contribution is 6.30. The van der Waals surface area contributed by atoms with Gasteiger partial charge in [-0.05, 0) is 98.9 Å². The zero-order valence-electron chi connectivity index (χ0n) is 58.8. The van der Waals surface area contributed by atoms with Crippen LogP contribution in [0.4, 0.5) is 0 Å². The standard InChI is InChI=1S/C71H103ClN12O12/c1-16-47(7)63-71(96)79(11)42-61(87)77(9)43-62(88)81(13)57(39-51-28-31-52(72)32-29-51)69(94)78(10)41-59(85)73-53(33-30-49-26-24-46(6)25-27-49)65(90)74-54(36-44(2)3)67(92)83(15)58(38-50-22-18-17-19-23-50)70(95)82(14)56(37-45(4)5)66(91)75-55(68(93)84-34-20-21-35-84)40-60(86)80(12)48(8)64(89)76-63/h17-19,22-29,31-32,44-45,47-48,53-58,63H,16,20-21,30,33-43H2,1-15H3,(H,73,85)(H,74,90)(H,75,91)(H,76,89)/t47-,48-,53-,54-,55?,56-,57-,58-,63-/m0/s1. The maximum atomic E-state index is 15.5. The molecular weight excluding hydrogens is 1250 g/mol. The van der Waals surface area contributed by atoms with Gasteiger partial charge in [-0.3, -0.25) is 57.5 Å². The van der Waals surface area contributed by atoms with E-state index in [-0.39, 0.29) is 43.9 Å². The number of hydrogen-bond donors (Lipinski definition) is 4. The second kappa shape index (κ2) is 36.6. The van der Waals surface area contributed by atoms with E-state index in [0.29, 0.717) is 54.9 Å². The van der Waals surface area contributed by atoms with Crippen molar-refractivity contribution in [2.24, 2.45) is 17.8 Å². The Labute approximate surface area is 571 Å². The first-order valence-electron chi connectivity index (χ1n) is 33.3. The second-order valence-corrected chi connectivity index (χ2v) is 27.4. The Hall–Kier alpha value is -8.41. The topological polar surface area (TPSA) is 279 Å². The molecule has 3 aromatic rings. The van der Waals surface area contributed by atoms with Crippen LogP contribution in [-0.2, 0) is 76.8 Å². The molecule has 2 saturated heterocycles. The molecule has 2 aliphatic rings. The van der Waals surface area contributed by atoms with E-state index in [1.807, 2.05) is 65.8 Å². The Morgan fingerprint density at radius 2 is 1.06 bits per heavy atom. The van der Waals surface area contributed by atoms with Crippen LogP contribution >= 0.6 is 11.6 Å². The van der Waals surface area contributed by atoms with Crippen molar-refractivity contribution in [1.82, 2.24) is 60.5 Å². The van der Waals surface area contributed by atoms with E-state index in [0.717, 1.165) is 30.7 Å². The van der Waals surface area contributed by atoms with Gasteiger partial charge in [0.15, 0.2) is 0 Å². The van der Waals surface area contributed by atoms with Gasteiger partial charge in [-0.25, -0.2) is 0 Å². The number of rotatable bonds is 14. The highest BCUT2D eigenvalue weighted by Gasteiger charge is 2.42. The highest BCUT2D eigenvalue weighted by atomic mass is 35.5. The lowest BCUT2D eigenvalue weighted by molar-refractivity contribution is -0.150. The molecule has 3 aromatic carbocycles. The van der Waals surface area contributed by atoms with Gasteiger partial charge in [-0.15, -0.1) is 0 Å². The average molecular weight is 1350 g/mol. The smallest absolute Gasteiger partial charge is 0.246 e. The number of likely N-dealkylation sites (tertiary alicyclic amines) is 1. The van der Waals surface area contributed by atoms with Gasteiger partial charge in [0.1, 0.15) is 48.3 Å². The molecule has 12 amide bonds. The Balaban J connectivity index is 1.62. The van der Waals surface area contributed by atoms with Crippen molar-refractivity contribution < 1.29 is 57.5 Å². The lowest BCUT2D eigenvalue weighted by Crippen LogP contribution is -2.61. The number of amides is 12. The first kappa shape index (κ1) is 78.3. The molecule has 2 fully saturated rings. The predicted octanol–water partition coefficient (Wildman–Crippen LogP) is 3.87. The maximum absolute atomic E-state index is 15.5. The Bertz CT molecular complexity index is 3200. The lowest BCUT2D eigenvalue weighted by atomic mass is 9.97. The van der Waals surface area contributed by atoms with E-state index in [1.54, 1.807) is 66.4 Å². The Morgan fingerprint density at radius 3 is 1.65 bits per heavy atom. The summed E-state index contributed by atoms with van der Waals surface area (Å²) in [5.41, 5.74) is 3.14. The van der Waals surface area contributed by atoms with Crippen LogP contribution in [0.15, 0.2) is 78.9 Å². The van der Waals surface area contributed by atoms with Gasteiger partial charge in [-0.1, -0.05) is 132 Å². The third-order valence-corrected chi connectivity index (χ3v) is 18.6. The van der Waals surface area contributed by atoms with E-state index in [2.05, 4.69) is 21.3 Å². The number of hydrogen-bond acceptors (Lipinski definition) is 12. The fraction of sp³-hybridized carbons (Fsp3) is 0.577. The number of nitrogens with one attached hydrogen (secondary N) is 4. The summed E-state index contributed by atoms with van der Waals surface area (Å²) in [6.45, 7) is 13.5. The fourth-order valence-electron chi connectivity index (χ4n) is 11.7. The van der Waals surface area contributed by atoms with Crippen LogP contribution in [0, 0.1) is 24.7 Å². The number of halogens is 1. The van der Waals surface area contributed by atoms with Crippen molar-refractivity contribution in [3.8, 4) is 0 Å². The number of carbonyl (C=O) groups is 12. The molecule has 4 N–H and O–H groups in total. The van der Waals surface area contributed by atoms with Crippen molar-refractivity contribution in [2.75, 3.05) is 82.1 Å². The normalized spacial score (nSPS) is 23.8. The van der Waals surface area contributed by atoms with Gasteiger partial charge in [0.2, 0.25) is 70.9 Å². The number of nitrogens with zero attached hydrogens (tertiary/aromatic N) is 8. The van der Waals surface area contributed by atoms with E-state index in [9.17, 15) is 43.2 Å². The van der Waals surface area contributed by atoms with Gasteiger partial charge in [0.25, 0.3) is 0 Å². The molecule has 24 nitrogen and oxygen atoms in total. The third-order valence-electron chi connectivity index (χ3n) is 18.3. The van der Waals surface area contributed by atoms with Gasteiger partial charge >= 0.3 is 0 Å². The van der Waals surface area contributed by atoms with Crippen molar-refractivity contribution in [1.29, 1.82) is 0 Å². The van der Waals surface area contributed by atoms with Gasteiger partial charge in [0, 0.05) is 80.3 Å². The number of carbonyl (C=O) groups excluding carboxylic acids is 12. The molecule has 25 heteroatoms. The molecule has 0 aromatic heterocycles. The molecule has 5 rings (SSSR count). The predicted molar refractivity (Wildman–Crippen MR) is 366 cm³/mol. The van der Waals surface area contributed by atoms with E-state index >= 15 is 14.4 Å². The lowest BCUT2D eigenvalue weighted by Gasteiger charge is -2.37. The summed E-state index contributed by atoms with van der Waals surface area (Å²) in [6.07, 6.45) is 1.65. The molecule has 9 atom stereocenters. The Morgan fingerprint density at radius 1 is 0.521 bits per heavy atom. The summed E-state index contributed by atoms with van der Waals surface area (Å²) in [5.74, 6) is -9.01. The summed E-state index contributed by atoms with van der Waals surface area (Å²) in [7, 11) is 9.78. The minimum Gasteiger partial charge on any atom is -0.343 e. The van der Waals surface area contributed by atoms with Crippen LogP contribution in [0.25, 0.3) is 0 Å². The molecule has 526 valence electrons. The molecule has 0 radical (unpaired) electrons. The molecule has 0 aliphatic carbocycles. The monoisotopic (exact) mass is 1350 g/mol. The number of aryl methyl sites for hydroxylation is 2. The van der Waals surface area contributed by atoms with Gasteiger partial charge < -0.3 is 60.5 Å². The van der Waals surface area contributed by atoms with E-state index < -0.39 is 151 Å². The zero-order chi connectivity index (χ0) is 71.4. The summed E-state index contributed by atoms with van der Waals surface area (Å²) in [4.78, 5) is 186. The fourth-order valence-corrected chi connectivity index (χ4v) is 11.9. The van der Waals surface area contributed by atoms with Crippen LogP contribution in [0.1, 0.15) is 116 Å². The van der Waals surface area contributed by atoms with Crippen molar-refractivity contribution in [2.45, 2.75) is 168 Å². The van der Waals surface area contributed by atoms with E-state index in [4.69, 9.17) is 11.6 Å². The van der Waals surface area contributed by atoms with Crippen LogP contribution in [0.5, 0.6) is 0 Å². The van der Waals surface area contributed by atoms with Gasteiger partial charge in [0.05, 0.1) is 26.1 Å². The van der Waals surface area contributed by atoms with Gasteiger partial charge in [-0.2, -0.15) is 0 Å². The summed E-state index contributed by atoms with van der Waals surface area (Å²) in [6, 6.07) is 13.0. The quantitative estimate of drug-likeness (QED) is 0.179. The van der Waals surface area contributed by atoms with Crippen molar-refractivity contribution in [3.63, 3.8) is 0 Å². The molecule has 1 unspecified atom stereocenters. The van der Waals surface area contributed by atoms with Crippen molar-refractivity contribution >= 4 is 82.5 Å². The Kier molecular flexibility index (Phi) is 29.9. The molecule has 2 heterocycles. The average Bonchev–Trinajstić information content (AvgIpc) is 1.14. The summed E-state index contributed by atoms with van der Waals surface area (Å²) in [5, 5.41) is 11.8. The van der Waals surface area contributed by atoms with Crippen LogP contribution in [0.2, 0.25) is 5.02 Å². The molecule has 2 aliphatic heterocycles. The molecule has 96 heavy (non-hydrogen) atoms. The number of benzene rings is 3. The minimum absolute atomic E-state index is 0.0288. The SMILES string of the molecule is CC[C@H](C)[C@@H]1NC(=O)[C@H](C)N(C)C(=O)CC(C(=O)N2CCCC2)NC(=O)[C@H](CC(C)C)N(C)C(=O)[C@H](Cc2ccccc2)N(C)C(=O)[C@H](CC(C)C)NC(=O)[C@H](CCc2ccc(C)cc2)NC(=O)CN(C)C(=O)[C@H](Cc2ccc(Cl)cc2)N(C)C(=O)CN(C)C(=O)CN(C)C1=O.